The molecule has 0 unspecified atom stereocenters. The van der Waals surface area contributed by atoms with Crippen LogP contribution in [0.5, 0.6) is 0 Å². The molecule has 2 aromatic rings. The lowest BCUT2D eigenvalue weighted by Gasteiger charge is -2.03. The van der Waals surface area contributed by atoms with E-state index in [9.17, 15) is 18.0 Å². The average Bonchev–Trinajstić information content (AvgIpc) is 2.89. The van der Waals surface area contributed by atoms with Crippen molar-refractivity contribution in [2.75, 3.05) is 5.32 Å². The zero-order valence-corrected chi connectivity index (χ0v) is 11.9. The quantitative estimate of drug-likeness (QED) is 0.891. The highest BCUT2D eigenvalue weighted by Gasteiger charge is 2.35. The van der Waals surface area contributed by atoms with Crippen molar-refractivity contribution in [3.05, 3.63) is 41.2 Å². The number of hydrogen-bond acceptors (Lipinski definition) is 3. The number of aromatic nitrogens is 3. The van der Waals surface area contributed by atoms with Gasteiger partial charge in [-0.2, -0.15) is 18.2 Å². The SMILES string of the molecule is Cc1ccc(CCCC(=O)Nc2n[nH]c(C(F)(F)F)n2)cc1. The van der Waals surface area contributed by atoms with Gasteiger partial charge >= 0.3 is 6.18 Å². The van der Waals surface area contributed by atoms with E-state index in [0.717, 1.165) is 17.5 Å². The first-order valence-corrected chi connectivity index (χ1v) is 6.69. The van der Waals surface area contributed by atoms with Crippen molar-refractivity contribution in [1.29, 1.82) is 0 Å². The fraction of sp³-hybridized carbons (Fsp3) is 0.357. The smallest absolute Gasteiger partial charge is 0.293 e. The molecule has 2 N–H and O–H groups in total. The molecule has 0 aliphatic heterocycles. The molecule has 22 heavy (non-hydrogen) atoms. The fourth-order valence-corrected chi connectivity index (χ4v) is 1.84. The summed E-state index contributed by atoms with van der Waals surface area (Å²) in [5.74, 6) is -2.02. The van der Waals surface area contributed by atoms with Crippen molar-refractivity contribution in [2.24, 2.45) is 0 Å². The van der Waals surface area contributed by atoms with Gasteiger partial charge in [0.15, 0.2) is 0 Å². The largest absolute Gasteiger partial charge is 0.451 e. The number of aryl methyl sites for hydroxylation is 2. The lowest BCUT2D eigenvalue weighted by Crippen LogP contribution is -2.13. The van der Waals surface area contributed by atoms with Crippen LogP contribution in [-0.4, -0.2) is 21.1 Å². The van der Waals surface area contributed by atoms with Gasteiger partial charge in [0, 0.05) is 6.42 Å². The Kier molecular flexibility index (Phi) is 4.79. The summed E-state index contributed by atoms with van der Waals surface area (Å²) in [6.45, 7) is 1.99. The van der Waals surface area contributed by atoms with Gasteiger partial charge in [0.1, 0.15) is 0 Å². The normalized spacial score (nSPS) is 11.5. The van der Waals surface area contributed by atoms with E-state index in [4.69, 9.17) is 0 Å². The molecule has 0 aliphatic carbocycles. The monoisotopic (exact) mass is 312 g/mol. The van der Waals surface area contributed by atoms with E-state index in [1.54, 1.807) is 5.10 Å². The molecule has 0 spiro atoms. The third-order valence-corrected chi connectivity index (χ3v) is 3.00. The topological polar surface area (TPSA) is 70.7 Å². The number of carbonyl (C=O) groups is 1. The minimum absolute atomic E-state index is 0.184. The molecule has 8 heteroatoms. The van der Waals surface area contributed by atoms with Crippen LogP contribution in [0.1, 0.15) is 29.8 Å². The molecular weight excluding hydrogens is 297 g/mol. The van der Waals surface area contributed by atoms with Gasteiger partial charge in [0.05, 0.1) is 0 Å². The molecule has 5 nitrogen and oxygen atoms in total. The number of nitrogens with one attached hydrogen (secondary N) is 2. The van der Waals surface area contributed by atoms with Gasteiger partial charge in [-0.1, -0.05) is 29.8 Å². The van der Waals surface area contributed by atoms with Gasteiger partial charge in [-0.05, 0) is 25.3 Å². The number of rotatable bonds is 5. The predicted octanol–water partition coefficient (Wildman–Crippen LogP) is 3.09. The molecule has 1 amide bonds. The number of anilines is 1. The molecule has 0 aliphatic rings. The zero-order chi connectivity index (χ0) is 16.2. The number of amides is 1. The van der Waals surface area contributed by atoms with Crippen molar-refractivity contribution < 1.29 is 18.0 Å². The van der Waals surface area contributed by atoms with Gasteiger partial charge < -0.3 is 0 Å². The van der Waals surface area contributed by atoms with Crippen molar-refractivity contribution >= 4 is 11.9 Å². The minimum atomic E-state index is -4.61. The molecule has 118 valence electrons. The summed E-state index contributed by atoms with van der Waals surface area (Å²) in [6, 6.07) is 7.94. The standard InChI is InChI=1S/C14H15F3N4O/c1-9-5-7-10(8-6-9)3-2-4-11(22)18-13-19-12(20-21-13)14(15,16)17/h5-8H,2-4H2,1H3,(H2,18,19,20,21,22). The first-order chi connectivity index (χ1) is 10.3. The number of H-pyrrole nitrogens is 1. The average molecular weight is 312 g/mol. The van der Waals surface area contributed by atoms with Gasteiger partial charge in [0.25, 0.3) is 0 Å². The number of aromatic amines is 1. The Morgan fingerprint density at radius 1 is 1.27 bits per heavy atom. The minimum Gasteiger partial charge on any atom is -0.293 e. The Labute approximate surface area is 125 Å². The van der Waals surface area contributed by atoms with Crippen molar-refractivity contribution in [3.63, 3.8) is 0 Å². The number of halogens is 3. The molecule has 0 atom stereocenters. The predicted molar refractivity (Wildman–Crippen MR) is 74.1 cm³/mol. The first kappa shape index (κ1) is 16.0. The molecule has 0 fully saturated rings. The molecule has 1 aromatic heterocycles. The first-order valence-electron chi connectivity index (χ1n) is 6.69. The van der Waals surface area contributed by atoms with E-state index in [0.29, 0.717) is 6.42 Å². The van der Waals surface area contributed by atoms with Crippen molar-refractivity contribution in [1.82, 2.24) is 15.2 Å². The number of hydrogen-bond donors (Lipinski definition) is 2. The molecule has 0 saturated carbocycles. The number of nitrogens with zero attached hydrogens (tertiary/aromatic N) is 2. The molecule has 1 heterocycles. The van der Waals surface area contributed by atoms with Crippen LogP contribution < -0.4 is 5.32 Å². The summed E-state index contributed by atoms with van der Waals surface area (Å²) in [4.78, 5) is 14.8. The van der Waals surface area contributed by atoms with E-state index >= 15 is 0 Å². The van der Waals surface area contributed by atoms with Crippen molar-refractivity contribution in [3.8, 4) is 0 Å². The second-order valence-electron chi connectivity index (χ2n) is 4.89. The van der Waals surface area contributed by atoms with Gasteiger partial charge in [-0.3, -0.25) is 15.2 Å². The highest BCUT2D eigenvalue weighted by atomic mass is 19.4. The van der Waals surface area contributed by atoms with Gasteiger partial charge in [-0.15, -0.1) is 5.10 Å². The van der Waals surface area contributed by atoms with Crippen LogP contribution in [0.25, 0.3) is 0 Å². The zero-order valence-electron chi connectivity index (χ0n) is 11.9. The number of alkyl halides is 3. The lowest BCUT2D eigenvalue weighted by molar-refractivity contribution is -0.144. The highest BCUT2D eigenvalue weighted by Crippen LogP contribution is 2.26. The third-order valence-electron chi connectivity index (χ3n) is 3.00. The molecule has 1 aromatic carbocycles. The van der Waals surface area contributed by atoms with Gasteiger partial charge in [-0.25, -0.2) is 0 Å². The Bertz CT molecular complexity index is 634. The van der Waals surface area contributed by atoms with E-state index in [1.165, 1.54) is 0 Å². The van der Waals surface area contributed by atoms with E-state index in [-0.39, 0.29) is 12.4 Å². The summed E-state index contributed by atoms with van der Waals surface area (Å²) >= 11 is 0. The molecule has 0 radical (unpaired) electrons. The van der Waals surface area contributed by atoms with Crippen LogP contribution in [-0.2, 0) is 17.4 Å². The highest BCUT2D eigenvalue weighted by molar-refractivity contribution is 5.88. The van der Waals surface area contributed by atoms with E-state index < -0.39 is 17.9 Å². The van der Waals surface area contributed by atoms with Crippen molar-refractivity contribution in [2.45, 2.75) is 32.4 Å². The summed E-state index contributed by atoms with van der Waals surface area (Å²) < 4.78 is 36.9. The van der Waals surface area contributed by atoms with Gasteiger partial charge in [0.2, 0.25) is 17.7 Å². The Morgan fingerprint density at radius 3 is 2.55 bits per heavy atom. The van der Waals surface area contributed by atoms with E-state index in [2.05, 4.69) is 15.4 Å². The number of benzene rings is 1. The third kappa shape index (κ3) is 4.57. The lowest BCUT2D eigenvalue weighted by atomic mass is 10.1. The second kappa shape index (κ2) is 6.59. The summed E-state index contributed by atoms with van der Waals surface area (Å²) in [5.41, 5.74) is 2.27. The molecule has 0 saturated heterocycles. The summed E-state index contributed by atoms with van der Waals surface area (Å²) in [5, 5.41) is 7.29. The molecule has 2 rings (SSSR count). The maximum atomic E-state index is 12.3. The Hall–Kier alpha value is -2.38. The van der Waals surface area contributed by atoms with Crippen LogP contribution in [0.2, 0.25) is 0 Å². The summed E-state index contributed by atoms with van der Waals surface area (Å²) in [6.07, 6.45) is -3.12. The maximum absolute atomic E-state index is 12.3. The summed E-state index contributed by atoms with van der Waals surface area (Å²) in [7, 11) is 0. The van der Waals surface area contributed by atoms with Crippen LogP contribution in [0.15, 0.2) is 24.3 Å². The fourth-order valence-electron chi connectivity index (χ4n) is 1.84. The molecule has 0 bridgehead atoms. The van der Waals surface area contributed by atoms with Crippen LogP contribution in [0.3, 0.4) is 0 Å². The molecular formula is C14H15F3N4O. The maximum Gasteiger partial charge on any atom is 0.451 e. The van der Waals surface area contributed by atoms with Crippen LogP contribution >= 0.6 is 0 Å². The van der Waals surface area contributed by atoms with Crippen LogP contribution in [0, 0.1) is 6.92 Å². The number of carbonyl (C=O) groups excluding carboxylic acids is 1. The van der Waals surface area contributed by atoms with Crippen LogP contribution in [0.4, 0.5) is 19.1 Å². The van der Waals surface area contributed by atoms with E-state index in [1.807, 2.05) is 31.2 Å². The second-order valence-corrected chi connectivity index (χ2v) is 4.89. The Morgan fingerprint density at radius 2 is 1.95 bits per heavy atom. The Balaban J connectivity index is 1.78.